The lowest BCUT2D eigenvalue weighted by atomic mass is 10.0. The molecule has 0 aliphatic heterocycles. The van der Waals surface area contributed by atoms with Crippen LogP contribution in [0.1, 0.15) is 22.7 Å². The lowest BCUT2D eigenvalue weighted by Crippen LogP contribution is -2.34. The van der Waals surface area contributed by atoms with Crippen LogP contribution in [-0.2, 0) is 10.0 Å². The van der Waals surface area contributed by atoms with Crippen LogP contribution in [0, 0.1) is 24.0 Å². The van der Waals surface area contributed by atoms with Gasteiger partial charge in [-0.3, -0.25) is 10.1 Å². The summed E-state index contributed by atoms with van der Waals surface area (Å²) in [4.78, 5) is 12.3. The van der Waals surface area contributed by atoms with Crippen molar-refractivity contribution < 1.29 is 13.3 Å². The maximum atomic E-state index is 12.7. The van der Waals surface area contributed by atoms with E-state index >= 15 is 0 Å². The summed E-state index contributed by atoms with van der Waals surface area (Å²) in [6, 6.07) is 11.8. The molecule has 0 aromatic heterocycles. The Morgan fingerprint density at radius 2 is 1.73 bits per heavy atom. The molecule has 1 atom stereocenters. The zero-order valence-electron chi connectivity index (χ0n) is 15.3. The van der Waals surface area contributed by atoms with Crippen molar-refractivity contribution in [2.24, 2.45) is 0 Å². The highest BCUT2D eigenvalue weighted by Crippen LogP contribution is 2.25. The first-order valence-electron chi connectivity index (χ1n) is 8.10. The molecule has 2 rings (SSSR count). The molecule has 7 nitrogen and oxygen atoms in total. The summed E-state index contributed by atoms with van der Waals surface area (Å²) in [5, 5.41) is 11.1. The number of hydrogen-bond acceptors (Lipinski definition) is 5. The lowest BCUT2D eigenvalue weighted by Gasteiger charge is -2.25. The number of nitro groups is 1. The first-order chi connectivity index (χ1) is 12.1. The highest BCUT2D eigenvalue weighted by Gasteiger charge is 2.24. The van der Waals surface area contributed by atoms with Crippen LogP contribution in [0.15, 0.2) is 47.4 Å². The average molecular weight is 377 g/mol. The summed E-state index contributed by atoms with van der Waals surface area (Å²) in [5.74, 6) is 0. The van der Waals surface area contributed by atoms with Gasteiger partial charge >= 0.3 is 0 Å². The molecule has 0 saturated heterocycles. The number of sulfonamides is 1. The fourth-order valence-corrected chi connectivity index (χ4v) is 4.04. The SMILES string of the molecule is Cc1ccc(C(CNS(=O)(=O)c2cccc([N+](=O)[O-])c2C)N(C)C)cc1. The standard InChI is InChI=1S/C18H23N3O4S/c1-13-8-10-15(11-9-13)17(20(3)4)12-19-26(24,25)18-7-5-6-16(14(18)2)21(22)23/h5-11,17,19H,12H2,1-4H3. The number of hydrogen-bond donors (Lipinski definition) is 1. The number of likely N-dealkylation sites (N-methyl/N-ethyl adjacent to an activating group) is 1. The summed E-state index contributed by atoms with van der Waals surface area (Å²) in [7, 11) is -0.128. The third-order valence-electron chi connectivity index (χ3n) is 4.29. The molecule has 2 aromatic carbocycles. The number of nitrogens with one attached hydrogen (secondary N) is 1. The van der Waals surface area contributed by atoms with Gasteiger partial charge in [-0.1, -0.05) is 35.9 Å². The molecule has 0 spiro atoms. The van der Waals surface area contributed by atoms with Gasteiger partial charge in [0.2, 0.25) is 10.0 Å². The smallest absolute Gasteiger partial charge is 0.273 e. The number of aryl methyl sites for hydroxylation is 1. The molecule has 0 radical (unpaired) electrons. The van der Waals surface area contributed by atoms with Gasteiger partial charge in [0.15, 0.2) is 0 Å². The number of rotatable bonds is 7. The van der Waals surface area contributed by atoms with E-state index in [0.29, 0.717) is 0 Å². The molecule has 0 fully saturated rings. The van der Waals surface area contributed by atoms with Gasteiger partial charge in [0.1, 0.15) is 0 Å². The summed E-state index contributed by atoms with van der Waals surface area (Å²) < 4.78 is 28.0. The second-order valence-corrected chi connectivity index (χ2v) is 8.13. The Kier molecular flexibility index (Phi) is 6.12. The van der Waals surface area contributed by atoms with Gasteiger partial charge in [0.25, 0.3) is 5.69 Å². The topological polar surface area (TPSA) is 92.5 Å². The predicted molar refractivity (Wildman–Crippen MR) is 101 cm³/mol. The highest BCUT2D eigenvalue weighted by atomic mass is 32.2. The zero-order valence-corrected chi connectivity index (χ0v) is 16.1. The van der Waals surface area contributed by atoms with Crippen LogP contribution in [0.5, 0.6) is 0 Å². The number of nitro benzene ring substituents is 1. The maximum Gasteiger partial charge on any atom is 0.273 e. The molecule has 140 valence electrons. The number of benzene rings is 2. The summed E-state index contributed by atoms with van der Waals surface area (Å²) in [6.07, 6.45) is 0. The van der Waals surface area contributed by atoms with Crippen LogP contribution in [0.25, 0.3) is 0 Å². The second-order valence-electron chi connectivity index (χ2n) is 6.40. The highest BCUT2D eigenvalue weighted by molar-refractivity contribution is 7.89. The first-order valence-corrected chi connectivity index (χ1v) is 9.58. The van der Waals surface area contributed by atoms with Gasteiger partial charge in [0, 0.05) is 24.2 Å². The van der Waals surface area contributed by atoms with Crippen LogP contribution >= 0.6 is 0 Å². The van der Waals surface area contributed by atoms with E-state index in [4.69, 9.17) is 0 Å². The van der Waals surface area contributed by atoms with Crippen LogP contribution < -0.4 is 4.72 Å². The largest absolute Gasteiger partial charge is 0.301 e. The predicted octanol–water partition coefficient (Wildman–Crippen LogP) is 2.79. The molecule has 2 aromatic rings. The quantitative estimate of drug-likeness (QED) is 0.592. The van der Waals surface area contributed by atoms with E-state index in [2.05, 4.69) is 4.72 Å². The van der Waals surface area contributed by atoms with Crippen molar-refractivity contribution in [2.45, 2.75) is 24.8 Å². The molecule has 0 aliphatic rings. The Morgan fingerprint density at radius 3 is 2.27 bits per heavy atom. The summed E-state index contributed by atoms with van der Waals surface area (Å²) >= 11 is 0. The fourth-order valence-electron chi connectivity index (χ4n) is 2.75. The molecule has 0 amide bonds. The Morgan fingerprint density at radius 1 is 1.12 bits per heavy atom. The molecule has 0 heterocycles. The van der Waals surface area contributed by atoms with E-state index < -0.39 is 14.9 Å². The van der Waals surface area contributed by atoms with Crippen molar-refractivity contribution in [3.63, 3.8) is 0 Å². The molecule has 1 unspecified atom stereocenters. The Labute approximate surface area is 153 Å². The Balaban J connectivity index is 2.27. The van der Waals surface area contributed by atoms with Crippen molar-refractivity contribution in [3.8, 4) is 0 Å². The van der Waals surface area contributed by atoms with Crippen molar-refractivity contribution in [1.29, 1.82) is 0 Å². The van der Waals surface area contributed by atoms with Gasteiger partial charge in [-0.25, -0.2) is 13.1 Å². The van der Waals surface area contributed by atoms with Crippen LogP contribution in [0.4, 0.5) is 5.69 Å². The van der Waals surface area contributed by atoms with Crippen molar-refractivity contribution in [3.05, 3.63) is 69.3 Å². The van der Waals surface area contributed by atoms with Gasteiger partial charge in [-0.15, -0.1) is 0 Å². The third kappa shape index (κ3) is 4.46. The van der Waals surface area contributed by atoms with Crippen molar-refractivity contribution in [1.82, 2.24) is 9.62 Å². The van der Waals surface area contributed by atoms with Crippen LogP contribution in [-0.4, -0.2) is 38.9 Å². The van der Waals surface area contributed by atoms with Gasteiger partial charge < -0.3 is 4.90 Å². The van der Waals surface area contributed by atoms with E-state index in [1.807, 2.05) is 50.2 Å². The minimum absolute atomic E-state index is 0.0758. The monoisotopic (exact) mass is 377 g/mol. The van der Waals surface area contributed by atoms with Gasteiger partial charge in [-0.2, -0.15) is 0 Å². The van der Waals surface area contributed by atoms with Crippen molar-refractivity contribution in [2.75, 3.05) is 20.6 Å². The zero-order chi connectivity index (χ0) is 19.5. The lowest BCUT2D eigenvalue weighted by molar-refractivity contribution is -0.385. The van der Waals surface area contributed by atoms with Gasteiger partial charge in [0.05, 0.1) is 9.82 Å². The third-order valence-corrected chi connectivity index (χ3v) is 5.86. The van der Waals surface area contributed by atoms with E-state index in [1.54, 1.807) is 0 Å². The minimum Gasteiger partial charge on any atom is -0.301 e. The molecule has 0 saturated carbocycles. The van der Waals surface area contributed by atoms with E-state index in [-0.39, 0.29) is 28.7 Å². The molecular formula is C18H23N3O4S. The Bertz CT molecular complexity index is 893. The molecule has 1 N–H and O–H groups in total. The van der Waals surface area contributed by atoms with Crippen LogP contribution in [0.2, 0.25) is 0 Å². The first kappa shape index (κ1) is 20.0. The molecular weight excluding hydrogens is 354 g/mol. The molecule has 8 heteroatoms. The van der Waals surface area contributed by atoms with E-state index in [9.17, 15) is 18.5 Å². The molecule has 0 aliphatic carbocycles. The normalized spacial score (nSPS) is 13.0. The van der Waals surface area contributed by atoms with Crippen LogP contribution in [0.3, 0.4) is 0 Å². The Hall–Kier alpha value is -2.29. The minimum atomic E-state index is -3.87. The summed E-state index contributed by atoms with van der Waals surface area (Å²) in [6.45, 7) is 3.58. The van der Waals surface area contributed by atoms with Gasteiger partial charge in [-0.05, 0) is 39.6 Å². The van der Waals surface area contributed by atoms with E-state index in [0.717, 1.165) is 11.1 Å². The molecule has 0 bridgehead atoms. The van der Waals surface area contributed by atoms with E-state index in [1.165, 1.54) is 25.1 Å². The molecule has 26 heavy (non-hydrogen) atoms. The number of nitrogens with zero attached hydrogens (tertiary/aromatic N) is 2. The summed E-state index contributed by atoms with van der Waals surface area (Å²) in [5.41, 5.74) is 2.02. The maximum absolute atomic E-state index is 12.7. The van der Waals surface area contributed by atoms with Crippen molar-refractivity contribution >= 4 is 15.7 Å². The average Bonchev–Trinajstić information content (AvgIpc) is 2.56. The fraction of sp³-hybridized carbons (Fsp3) is 0.333. The second kappa shape index (κ2) is 7.94.